The molecule has 0 radical (unpaired) electrons. The Hall–Kier alpha value is -1.83. The van der Waals surface area contributed by atoms with Gasteiger partial charge in [0, 0.05) is 17.7 Å². The van der Waals surface area contributed by atoms with Crippen LogP contribution >= 0.6 is 0 Å². The summed E-state index contributed by atoms with van der Waals surface area (Å²) in [6.45, 7) is 5.04. The van der Waals surface area contributed by atoms with E-state index in [1.807, 2.05) is 24.3 Å². The lowest BCUT2D eigenvalue weighted by Crippen LogP contribution is -2.04. The van der Waals surface area contributed by atoms with Gasteiger partial charge in [0.2, 0.25) is 5.88 Å². The molecule has 0 amide bonds. The fourth-order valence-corrected chi connectivity index (χ4v) is 2.61. The second kappa shape index (κ2) is 8.46. The number of hydrogen-bond donors (Lipinski definition) is 0. The Labute approximate surface area is 128 Å². The average molecular weight is 283 g/mol. The van der Waals surface area contributed by atoms with Gasteiger partial charge in [0.1, 0.15) is 6.61 Å². The molecule has 2 nitrogen and oxygen atoms in total. The van der Waals surface area contributed by atoms with Crippen LogP contribution in [0.3, 0.4) is 0 Å². The highest BCUT2D eigenvalue weighted by Crippen LogP contribution is 2.26. The van der Waals surface area contributed by atoms with Crippen molar-refractivity contribution < 1.29 is 4.74 Å². The van der Waals surface area contributed by atoms with Crippen LogP contribution < -0.4 is 4.74 Å². The van der Waals surface area contributed by atoms with Gasteiger partial charge in [-0.3, -0.25) is 0 Å². The van der Waals surface area contributed by atoms with Gasteiger partial charge >= 0.3 is 0 Å². The van der Waals surface area contributed by atoms with Crippen molar-refractivity contribution in [1.29, 1.82) is 0 Å². The molecule has 1 aromatic carbocycles. The van der Waals surface area contributed by atoms with Crippen molar-refractivity contribution >= 4 is 0 Å². The van der Waals surface area contributed by atoms with Crippen molar-refractivity contribution in [2.24, 2.45) is 0 Å². The molecule has 2 heteroatoms. The highest BCUT2D eigenvalue weighted by Gasteiger charge is 2.12. The standard InChI is InChI=1S/C19H25NO/c1-3-9-17(10-4-2)18-13-8-14-19(20-18)21-15-16-11-6-5-7-12-16/h5-8,11-14,17H,3-4,9-10,15H2,1-2H3. The normalized spacial score (nSPS) is 10.8. The molecule has 1 heterocycles. The lowest BCUT2D eigenvalue weighted by Gasteiger charge is -2.15. The van der Waals surface area contributed by atoms with Gasteiger partial charge in [-0.2, -0.15) is 0 Å². The van der Waals surface area contributed by atoms with Crippen molar-refractivity contribution in [3.05, 3.63) is 59.8 Å². The molecule has 0 unspecified atom stereocenters. The van der Waals surface area contributed by atoms with Gasteiger partial charge < -0.3 is 4.74 Å². The molecule has 0 aliphatic rings. The summed E-state index contributed by atoms with van der Waals surface area (Å²) in [4.78, 5) is 4.70. The molecule has 0 atom stereocenters. The van der Waals surface area contributed by atoms with Crippen LogP contribution in [0.1, 0.15) is 56.7 Å². The predicted octanol–water partition coefficient (Wildman–Crippen LogP) is 5.34. The molecule has 0 saturated heterocycles. The summed E-state index contributed by atoms with van der Waals surface area (Å²) in [5, 5.41) is 0. The first kappa shape index (κ1) is 15.6. The molecule has 112 valence electrons. The van der Waals surface area contributed by atoms with Gasteiger partial charge in [-0.25, -0.2) is 4.98 Å². The van der Waals surface area contributed by atoms with E-state index in [1.165, 1.54) is 36.9 Å². The van der Waals surface area contributed by atoms with E-state index >= 15 is 0 Å². The summed E-state index contributed by atoms with van der Waals surface area (Å²) in [5.41, 5.74) is 2.34. The summed E-state index contributed by atoms with van der Waals surface area (Å²) < 4.78 is 5.83. The number of aromatic nitrogens is 1. The average Bonchev–Trinajstić information content (AvgIpc) is 2.54. The molecule has 21 heavy (non-hydrogen) atoms. The third kappa shape index (κ3) is 4.89. The minimum atomic E-state index is 0.556. The van der Waals surface area contributed by atoms with Crippen LogP contribution in [0.5, 0.6) is 5.88 Å². The lowest BCUT2D eigenvalue weighted by molar-refractivity contribution is 0.292. The second-order valence-electron chi connectivity index (χ2n) is 5.45. The molecule has 0 saturated carbocycles. The Morgan fingerprint density at radius 3 is 2.29 bits per heavy atom. The minimum absolute atomic E-state index is 0.556. The highest BCUT2D eigenvalue weighted by molar-refractivity contribution is 5.20. The zero-order valence-corrected chi connectivity index (χ0v) is 13.1. The molecule has 2 rings (SSSR count). The maximum atomic E-state index is 5.83. The zero-order valence-electron chi connectivity index (χ0n) is 13.1. The maximum Gasteiger partial charge on any atom is 0.213 e. The van der Waals surface area contributed by atoms with Crippen molar-refractivity contribution in [2.45, 2.75) is 52.1 Å². The van der Waals surface area contributed by atoms with Crippen LogP contribution in [0.15, 0.2) is 48.5 Å². The SMILES string of the molecule is CCCC(CCC)c1cccc(OCc2ccccc2)n1. The van der Waals surface area contributed by atoms with Crippen molar-refractivity contribution in [3.8, 4) is 5.88 Å². The largest absolute Gasteiger partial charge is 0.473 e. The number of hydrogen-bond acceptors (Lipinski definition) is 2. The van der Waals surface area contributed by atoms with E-state index in [0.29, 0.717) is 12.5 Å². The maximum absolute atomic E-state index is 5.83. The van der Waals surface area contributed by atoms with E-state index < -0.39 is 0 Å². The molecule has 2 aromatic rings. The van der Waals surface area contributed by atoms with Crippen LogP contribution in [-0.4, -0.2) is 4.98 Å². The summed E-state index contributed by atoms with van der Waals surface area (Å²) >= 11 is 0. The van der Waals surface area contributed by atoms with E-state index in [1.54, 1.807) is 0 Å². The Morgan fingerprint density at radius 2 is 1.62 bits per heavy atom. The minimum Gasteiger partial charge on any atom is -0.473 e. The van der Waals surface area contributed by atoms with E-state index in [2.05, 4.69) is 38.1 Å². The third-order valence-electron chi connectivity index (χ3n) is 3.67. The van der Waals surface area contributed by atoms with E-state index in [-0.39, 0.29) is 0 Å². The van der Waals surface area contributed by atoms with Gasteiger partial charge in [-0.05, 0) is 24.5 Å². The van der Waals surface area contributed by atoms with Crippen LogP contribution in [-0.2, 0) is 6.61 Å². The number of pyridine rings is 1. The number of benzene rings is 1. The Morgan fingerprint density at radius 1 is 0.905 bits per heavy atom. The van der Waals surface area contributed by atoms with Crippen LogP contribution in [0.2, 0.25) is 0 Å². The third-order valence-corrected chi connectivity index (χ3v) is 3.67. The van der Waals surface area contributed by atoms with E-state index in [4.69, 9.17) is 9.72 Å². The topological polar surface area (TPSA) is 22.1 Å². The first-order valence-electron chi connectivity index (χ1n) is 7.97. The lowest BCUT2D eigenvalue weighted by atomic mass is 9.94. The van der Waals surface area contributed by atoms with Crippen LogP contribution in [0.4, 0.5) is 0 Å². The summed E-state index contributed by atoms with van der Waals surface area (Å²) in [7, 11) is 0. The number of ether oxygens (including phenoxy) is 1. The molecule has 0 N–H and O–H groups in total. The fourth-order valence-electron chi connectivity index (χ4n) is 2.61. The van der Waals surface area contributed by atoms with Crippen molar-refractivity contribution in [1.82, 2.24) is 4.98 Å². The van der Waals surface area contributed by atoms with Crippen molar-refractivity contribution in [3.63, 3.8) is 0 Å². The van der Waals surface area contributed by atoms with Gasteiger partial charge in [-0.1, -0.05) is 63.1 Å². The smallest absolute Gasteiger partial charge is 0.213 e. The molecule has 0 spiro atoms. The second-order valence-corrected chi connectivity index (χ2v) is 5.45. The number of rotatable bonds is 8. The van der Waals surface area contributed by atoms with Crippen LogP contribution in [0, 0.1) is 0 Å². The van der Waals surface area contributed by atoms with E-state index in [9.17, 15) is 0 Å². The summed E-state index contributed by atoms with van der Waals surface area (Å²) in [6.07, 6.45) is 4.79. The summed E-state index contributed by atoms with van der Waals surface area (Å²) in [5.74, 6) is 1.29. The first-order valence-corrected chi connectivity index (χ1v) is 7.97. The van der Waals surface area contributed by atoms with Crippen LogP contribution in [0.25, 0.3) is 0 Å². The quantitative estimate of drug-likeness (QED) is 0.652. The molecule has 0 fully saturated rings. The van der Waals surface area contributed by atoms with Gasteiger partial charge in [0.25, 0.3) is 0 Å². The zero-order chi connectivity index (χ0) is 14.9. The van der Waals surface area contributed by atoms with Gasteiger partial charge in [-0.15, -0.1) is 0 Å². The molecular weight excluding hydrogens is 258 g/mol. The Balaban J connectivity index is 2.02. The molecule has 1 aromatic heterocycles. The summed E-state index contributed by atoms with van der Waals surface area (Å²) in [6, 6.07) is 16.3. The molecule has 0 aliphatic heterocycles. The van der Waals surface area contributed by atoms with Gasteiger partial charge in [0.15, 0.2) is 0 Å². The predicted molar refractivity (Wildman–Crippen MR) is 87.6 cm³/mol. The van der Waals surface area contributed by atoms with Gasteiger partial charge in [0.05, 0.1) is 0 Å². The molecule has 0 aliphatic carbocycles. The highest BCUT2D eigenvalue weighted by atomic mass is 16.5. The van der Waals surface area contributed by atoms with E-state index in [0.717, 1.165) is 5.88 Å². The first-order chi connectivity index (χ1) is 10.3. The monoisotopic (exact) mass is 283 g/mol. The van der Waals surface area contributed by atoms with Crippen molar-refractivity contribution in [2.75, 3.05) is 0 Å². The molecular formula is C19H25NO. The molecule has 0 bridgehead atoms. The Kier molecular flexibility index (Phi) is 6.26. The fraction of sp³-hybridized carbons (Fsp3) is 0.421. The number of nitrogens with zero attached hydrogens (tertiary/aromatic N) is 1. The Bertz CT molecular complexity index is 518.